The van der Waals surface area contributed by atoms with E-state index in [1.165, 1.54) is 11.1 Å². The molecule has 0 fully saturated rings. The van der Waals surface area contributed by atoms with Crippen LogP contribution < -0.4 is 11.1 Å². The number of para-hydroxylation sites is 1. The molecule has 1 aliphatic carbocycles. The van der Waals surface area contributed by atoms with Gasteiger partial charge in [-0.05, 0) is 43.1 Å². The van der Waals surface area contributed by atoms with Crippen LogP contribution in [0.2, 0.25) is 0 Å². The lowest BCUT2D eigenvalue weighted by atomic mass is 10.1. The molecule has 0 atom stereocenters. The van der Waals surface area contributed by atoms with Crippen LogP contribution in [-0.4, -0.2) is 36.3 Å². The average Bonchev–Trinajstić information content (AvgIpc) is 2.99. The highest BCUT2D eigenvalue weighted by Gasteiger charge is 2.25. The number of nitrogens with zero attached hydrogens (tertiary/aromatic N) is 1. The largest absolute Gasteiger partial charge is 0.366 e. The number of rotatable bonds is 5. The minimum atomic E-state index is -0.550. The number of primary amides is 1. The molecule has 0 aromatic heterocycles. The second-order valence-electron chi connectivity index (χ2n) is 6.20. The third kappa shape index (κ3) is 3.46. The first-order valence-corrected chi connectivity index (χ1v) is 8.00. The Labute approximate surface area is 141 Å². The molecule has 124 valence electrons. The van der Waals surface area contributed by atoms with Crippen molar-refractivity contribution < 1.29 is 9.59 Å². The number of amides is 2. The van der Waals surface area contributed by atoms with Crippen molar-refractivity contribution in [2.75, 3.05) is 18.9 Å². The van der Waals surface area contributed by atoms with Gasteiger partial charge < -0.3 is 11.1 Å². The van der Waals surface area contributed by atoms with Crippen molar-refractivity contribution in [1.29, 1.82) is 0 Å². The van der Waals surface area contributed by atoms with Gasteiger partial charge in [0.05, 0.1) is 17.8 Å². The number of carbonyl (C=O) groups excluding carboxylic acids is 2. The van der Waals surface area contributed by atoms with Crippen molar-refractivity contribution in [2.45, 2.75) is 18.9 Å². The van der Waals surface area contributed by atoms with Crippen LogP contribution in [0.4, 0.5) is 5.69 Å². The molecule has 2 amide bonds. The molecule has 0 saturated heterocycles. The highest BCUT2D eigenvalue weighted by atomic mass is 16.2. The van der Waals surface area contributed by atoms with E-state index in [2.05, 4.69) is 34.5 Å². The highest BCUT2D eigenvalue weighted by molar-refractivity contribution is 6.03. The molecule has 2 aromatic carbocycles. The average molecular weight is 323 g/mol. The second kappa shape index (κ2) is 6.84. The lowest BCUT2D eigenvalue weighted by molar-refractivity contribution is -0.117. The monoisotopic (exact) mass is 323 g/mol. The Kier molecular flexibility index (Phi) is 4.62. The Hall–Kier alpha value is -2.66. The summed E-state index contributed by atoms with van der Waals surface area (Å²) in [6, 6.07) is 15.5. The molecular formula is C19H21N3O2. The summed E-state index contributed by atoms with van der Waals surface area (Å²) in [4.78, 5) is 25.8. The van der Waals surface area contributed by atoms with Gasteiger partial charge in [0.2, 0.25) is 5.91 Å². The Morgan fingerprint density at radius 2 is 1.67 bits per heavy atom. The van der Waals surface area contributed by atoms with Crippen LogP contribution in [-0.2, 0) is 17.6 Å². The number of nitrogens with two attached hydrogens (primary N) is 1. The summed E-state index contributed by atoms with van der Waals surface area (Å²) in [5.41, 5.74) is 8.83. The molecule has 0 saturated carbocycles. The highest BCUT2D eigenvalue weighted by Crippen LogP contribution is 2.24. The standard InChI is InChI=1S/C19H21N3O2/c1-22(15-10-13-6-2-3-7-14(13)11-15)12-18(23)21-17-9-5-4-8-16(17)19(20)24/h2-9,15H,10-12H2,1H3,(H2,20,24)(H,21,23). The zero-order valence-electron chi connectivity index (χ0n) is 13.7. The summed E-state index contributed by atoms with van der Waals surface area (Å²) in [5.74, 6) is -0.701. The number of hydrogen-bond acceptors (Lipinski definition) is 3. The van der Waals surface area contributed by atoms with Crippen LogP contribution in [0.5, 0.6) is 0 Å². The van der Waals surface area contributed by atoms with Crippen LogP contribution in [0.15, 0.2) is 48.5 Å². The van der Waals surface area contributed by atoms with Gasteiger partial charge in [-0.2, -0.15) is 0 Å². The predicted octanol–water partition coefficient (Wildman–Crippen LogP) is 1.82. The van der Waals surface area contributed by atoms with Crippen LogP contribution in [0.25, 0.3) is 0 Å². The van der Waals surface area contributed by atoms with E-state index in [0.29, 0.717) is 17.3 Å². The van der Waals surface area contributed by atoms with Gasteiger partial charge in [-0.25, -0.2) is 0 Å². The Morgan fingerprint density at radius 1 is 1.08 bits per heavy atom. The number of carbonyl (C=O) groups is 2. The molecule has 5 heteroatoms. The zero-order valence-corrected chi connectivity index (χ0v) is 13.7. The van der Waals surface area contributed by atoms with Gasteiger partial charge in [-0.3, -0.25) is 14.5 Å². The first-order chi connectivity index (χ1) is 11.5. The molecular weight excluding hydrogens is 302 g/mol. The molecule has 3 N–H and O–H groups in total. The maximum Gasteiger partial charge on any atom is 0.250 e. The van der Waals surface area contributed by atoms with E-state index in [9.17, 15) is 9.59 Å². The van der Waals surface area contributed by atoms with Crippen LogP contribution in [0.3, 0.4) is 0 Å². The number of anilines is 1. The summed E-state index contributed by atoms with van der Waals surface area (Å²) in [5, 5.41) is 2.79. The third-order valence-corrected chi connectivity index (χ3v) is 4.51. The molecule has 3 rings (SSSR count). The van der Waals surface area contributed by atoms with E-state index in [4.69, 9.17) is 5.73 Å². The maximum atomic E-state index is 12.3. The van der Waals surface area contributed by atoms with E-state index < -0.39 is 5.91 Å². The van der Waals surface area contributed by atoms with Gasteiger partial charge in [0.1, 0.15) is 0 Å². The summed E-state index contributed by atoms with van der Waals surface area (Å²) in [6.45, 7) is 0.270. The lowest BCUT2D eigenvalue weighted by Gasteiger charge is -2.23. The molecule has 1 aliphatic rings. The van der Waals surface area contributed by atoms with E-state index >= 15 is 0 Å². The van der Waals surface area contributed by atoms with Gasteiger partial charge in [0.25, 0.3) is 5.91 Å². The molecule has 0 bridgehead atoms. The van der Waals surface area contributed by atoms with Crippen molar-refractivity contribution in [3.63, 3.8) is 0 Å². The SMILES string of the molecule is CN(CC(=O)Nc1ccccc1C(N)=O)C1Cc2ccccc2C1. The third-order valence-electron chi connectivity index (χ3n) is 4.51. The minimum absolute atomic E-state index is 0.151. The van der Waals surface area contributed by atoms with E-state index in [1.54, 1.807) is 24.3 Å². The molecule has 5 nitrogen and oxygen atoms in total. The smallest absolute Gasteiger partial charge is 0.250 e. The molecule has 2 aromatic rings. The molecule has 24 heavy (non-hydrogen) atoms. The maximum absolute atomic E-state index is 12.3. The summed E-state index contributed by atoms with van der Waals surface area (Å²) in [6.07, 6.45) is 1.91. The first-order valence-electron chi connectivity index (χ1n) is 8.00. The van der Waals surface area contributed by atoms with Gasteiger partial charge in [-0.1, -0.05) is 36.4 Å². The van der Waals surface area contributed by atoms with Crippen molar-refractivity contribution in [1.82, 2.24) is 4.90 Å². The molecule has 0 unspecified atom stereocenters. The minimum Gasteiger partial charge on any atom is -0.366 e. The molecule has 0 radical (unpaired) electrons. The van der Waals surface area contributed by atoms with Gasteiger partial charge in [0.15, 0.2) is 0 Å². The van der Waals surface area contributed by atoms with Crippen LogP contribution in [0, 0.1) is 0 Å². The Morgan fingerprint density at radius 3 is 2.29 bits per heavy atom. The number of fused-ring (bicyclic) bond motifs is 1. The van der Waals surface area contributed by atoms with Crippen LogP contribution in [0.1, 0.15) is 21.5 Å². The van der Waals surface area contributed by atoms with Gasteiger partial charge in [0, 0.05) is 6.04 Å². The van der Waals surface area contributed by atoms with Crippen molar-refractivity contribution >= 4 is 17.5 Å². The summed E-state index contributed by atoms with van der Waals surface area (Å²) >= 11 is 0. The van der Waals surface area contributed by atoms with E-state index in [-0.39, 0.29) is 12.5 Å². The predicted molar refractivity (Wildman–Crippen MR) is 93.9 cm³/mol. The fourth-order valence-electron chi connectivity index (χ4n) is 3.20. The van der Waals surface area contributed by atoms with Crippen LogP contribution >= 0.6 is 0 Å². The number of benzene rings is 2. The van der Waals surface area contributed by atoms with Gasteiger partial charge in [-0.15, -0.1) is 0 Å². The normalized spacial score (nSPS) is 13.8. The van der Waals surface area contributed by atoms with Crippen molar-refractivity contribution in [3.8, 4) is 0 Å². The topological polar surface area (TPSA) is 75.4 Å². The fraction of sp³-hybridized carbons (Fsp3) is 0.263. The quantitative estimate of drug-likeness (QED) is 0.881. The van der Waals surface area contributed by atoms with E-state index in [1.807, 2.05) is 7.05 Å². The Bertz CT molecular complexity index is 748. The summed E-state index contributed by atoms with van der Waals surface area (Å²) < 4.78 is 0. The summed E-state index contributed by atoms with van der Waals surface area (Å²) in [7, 11) is 1.95. The molecule has 0 heterocycles. The van der Waals surface area contributed by atoms with Crippen molar-refractivity contribution in [3.05, 3.63) is 65.2 Å². The first kappa shape index (κ1) is 16.2. The lowest BCUT2D eigenvalue weighted by Crippen LogP contribution is -2.38. The van der Waals surface area contributed by atoms with E-state index in [0.717, 1.165) is 12.8 Å². The Balaban J connectivity index is 1.61. The number of likely N-dealkylation sites (N-methyl/N-ethyl adjacent to an activating group) is 1. The number of hydrogen-bond donors (Lipinski definition) is 2. The molecule has 0 spiro atoms. The second-order valence-corrected chi connectivity index (χ2v) is 6.20. The number of nitrogens with one attached hydrogen (secondary N) is 1. The van der Waals surface area contributed by atoms with Gasteiger partial charge >= 0.3 is 0 Å². The fourth-order valence-corrected chi connectivity index (χ4v) is 3.20. The zero-order chi connectivity index (χ0) is 17.1. The van der Waals surface area contributed by atoms with Crippen molar-refractivity contribution in [2.24, 2.45) is 5.73 Å². The molecule has 0 aliphatic heterocycles.